The zero-order valence-electron chi connectivity index (χ0n) is 7.79. The Morgan fingerprint density at radius 2 is 2.36 bits per heavy atom. The number of carbonyl (C=O) groups is 1. The van der Waals surface area contributed by atoms with Gasteiger partial charge in [-0.25, -0.2) is 9.37 Å². The van der Waals surface area contributed by atoms with Crippen LogP contribution in [0.1, 0.15) is 30.3 Å². The lowest BCUT2D eigenvalue weighted by Crippen LogP contribution is -2.03. The number of nitrogens with zero attached hydrogens (tertiary/aromatic N) is 1. The fourth-order valence-corrected chi connectivity index (χ4v) is 1.07. The van der Waals surface area contributed by atoms with E-state index in [0.717, 1.165) is 19.0 Å². The molecule has 0 aromatic carbocycles. The van der Waals surface area contributed by atoms with E-state index < -0.39 is 5.82 Å². The number of ether oxygens (including phenoxy) is 1. The first-order valence-corrected chi connectivity index (χ1v) is 4.50. The van der Waals surface area contributed by atoms with Crippen molar-refractivity contribution in [3.63, 3.8) is 0 Å². The van der Waals surface area contributed by atoms with E-state index in [0.29, 0.717) is 0 Å². The summed E-state index contributed by atoms with van der Waals surface area (Å²) < 4.78 is 18.4. The van der Waals surface area contributed by atoms with E-state index in [1.807, 2.05) is 0 Å². The standard InChI is InChI=1S/C10H10FNO2/c1-6(13)9-4-10(8(11)5-12-9)14-7-2-3-7/h4-5,7H,2-3H2,1H3. The van der Waals surface area contributed by atoms with Gasteiger partial charge >= 0.3 is 0 Å². The van der Waals surface area contributed by atoms with Crippen LogP contribution in [0, 0.1) is 5.82 Å². The zero-order chi connectivity index (χ0) is 10.1. The average molecular weight is 195 g/mol. The van der Waals surface area contributed by atoms with Crippen LogP contribution in [0.2, 0.25) is 0 Å². The van der Waals surface area contributed by atoms with E-state index in [4.69, 9.17) is 4.74 Å². The van der Waals surface area contributed by atoms with Gasteiger partial charge in [0.1, 0.15) is 5.69 Å². The molecule has 1 aromatic rings. The molecule has 1 aliphatic carbocycles. The van der Waals surface area contributed by atoms with Crippen LogP contribution in [0.3, 0.4) is 0 Å². The van der Waals surface area contributed by atoms with Crippen molar-refractivity contribution in [2.24, 2.45) is 0 Å². The number of carbonyl (C=O) groups excluding carboxylic acids is 1. The number of pyridine rings is 1. The molecule has 0 amide bonds. The van der Waals surface area contributed by atoms with Gasteiger partial charge in [-0.05, 0) is 12.8 Å². The first kappa shape index (κ1) is 9.12. The van der Waals surface area contributed by atoms with Crippen LogP contribution in [0.5, 0.6) is 5.75 Å². The molecule has 3 nitrogen and oxygen atoms in total. The molecule has 0 spiro atoms. The number of Topliss-reactive ketones (excluding diaryl/α,β-unsaturated/α-hetero) is 1. The van der Waals surface area contributed by atoms with Crippen LogP contribution in [0.25, 0.3) is 0 Å². The molecular weight excluding hydrogens is 185 g/mol. The predicted octanol–water partition coefficient (Wildman–Crippen LogP) is 1.96. The molecule has 0 bridgehead atoms. The minimum absolute atomic E-state index is 0.117. The fourth-order valence-electron chi connectivity index (χ4n) is 1.07. The van der Waals surface area contributed by atoms with Gasteiger partial charge in [-0.2, -0.15) is 0 Å². The highest BCUT2D eigenvalue weighted by Crippen LogP contribution is 2.28. The summed E-state index contributed by atoms with van der Waals surface area (Å²) in [7, 11) is 0. The number of aromatic nitrogens is 1. The summed E-state index contributed by atoms with van der Waals surface area (Å²) in [6.45, 7) is 1.39. The minimum Gasteiger partial charge on any atom is -0.487 e. The summed E-state index contributed by atoms with van der Waals surface area (Å²) in [5.74, 6) is -0.569. The Morgan fingerprint density at radius 1 is 1.64 bits per heavy atom. The topological polar surface area (TPSA) is 39.2 Å². The molecular formula is C10H10FNO2. The molecule has 0 saturated heterocycles. The maximum Gasteiger partial charge on any atom is 0.183 e. The Morgan fingerprint density at radius 3 is 2.93 bits per heavy atom. The number of hydrogen-bond acceptors (Lipinski definition) is 3. The van der Waals surface area contributed by atoms with E-state index in [2.05, 4.69) is 4.98 Å². The molecule has 0 aliphatic heterocycles. The Labute approximate surface area is 80.9 Å². The van der Waals surface area contributed by atoms with Crippen molar-refractivity contribution in [1.82, 2.24) is 4.98 Å². The maximum atomic E-state index is 13.1. The van der Waals surface area contributed by atoms with Gasteiger partial charge in [0.25, 0.3) is 0 Å². The highest BCUT2D eigenvalue weighted by atomic mass is 19.1. The minimum atomic E-state index is -0.512. The second kappa shape index (κ2) is 3.36. The average Bonchev–Trinajstić information content (AvgIpc) is 2.92. The van der Waals surface area contributed by atoms with Crippen LogP contribution in [0.4, 0.5) is 4.39 Å². The molecule has 0 radical (unpaired) electrons. The van der Waals surface area contributed by atoms with Gasteiger partial charge in [0.15, 0.2) is 17.3 Å². The van der Waals surface area contributed by atoms with Crippen molar-refractivity contribution in [2.45, 2.75) is 25.9 Å². The van der Waals surface area contributed by atoms with Gasteiger partial charge in [0.05, 0.1) is 12.3 Å². The summed E-state index contributed by atoms with van der Waals surface area (Å²) in [6.07, 6.45) is 3.05. The van der Waals surface area contributed by atoms with Crippen LogP contribution in [0.15, 0.2) is 12.3 Å². The molecule has 2 rings (SSSR count). The molecule has 1 fully saturated rings. The van der Waals surface area contributed by atoms with E-state index in [9.17, 15) is 9.18 Å². The SMILES string of the molecule is CC(=O)c1cc(OC2CC2)c(F)cn1. The highest BCUT2D eigenvalue weighted by Gasteiger charge is 2.25. The van der Waals surface area contributed by atoms with Gasteiger partial charge in [-0.1, -0.05) is 0 Å². The fraction of sp³-hybridized carbons (Fsp3) is 0.400. The molecule has 1 heterocycles. The second-order valence-corrected chi connectivity index (χ2v) is 3.37. The third-order valence-corrected chi connectivity index (χ3v) is 2.00. The molecule has 14 heavy (non-hydrogen) atoms. The summed E-state index contributed by atoms with van der Waals surface area (Å²) in [6, 6.07) is 1.36. The first-order chi connectivity index (χ1) is 6.66. The molecule has 0 N–H and O–H groups in total. The number of rotatable bonds is 3. The van der Waals surface area contributed by atoms with E-state index in [1.54, 1.807) is 0 Å². The lowest BCUT2D eigenvalue weighted by Gasteiger charge is -2.05. The third-order valence-electron chi connectivity index (χ3n) is 2.00. The van der Waals surface area contributed by atoms with E-state index in [1.165, 1.54) is 13.0 Å². The predicted molar refractivity (Wildman–Crippen MR) is 47.8 cm³/mol. The monoisotopic (exact) mass is 195 g/mol. The Kier molecular flexibility index (Phi) is 2.19. The molecule has 0 unspecified atom stereocenters. The molecule has 4 heteroatoms. The normalized spacial score (nSPS) is 15.3. The van der Waals surface area contributed by atoms with Crippen LogP contribution >= 0.6 is 0 Å². The smallest absolute Gasteiger partial charge is 0.183 e. The maximum absolute atomic E-state index is 13.1. The summed E-state index contributed by atoms with van der Waals surface area (Å²) in [4.78, 5) is 14.6. The Hall–Kier alpha value is -1.45. The largest absolute Gasteiger partial charge is 0.487 e. The van der Waals surface area contributed by atoms with Crippen LogP contribution < -0.4 is 4.74 Å². The van der Waals surface area contributed by atoms with E-state index in [-0.39, 0.29) is 23.3 Å². The van der Waals surface area contributed by atoms with Crippen molar-refractivity contribution in [3.8, 4) is 5.75 Å². The van der Waals surface area contributed by atoms with Gasteiger partial charge in [0.2, 0.25) is 0 Å². The Bertz CT molecular complexity index is 374. The lowest BCUT2D eigenvalue weighted by atomic mass is 10.2. The van der Waals surface area contributed by atoms with Crippen molar-refractivity contribution >= 4 is 5.78 Å². The molecule has 1 aromatic heterocycles. The molecule has 74 valence electrons. The third kappa shape index (κ3) is 1.89. The van der Waals surface area contributed by atoms with Crippen molar-refractivity contribution in [1.29, 1.82) is 0 Å². The molecule has 1 aliphatic rings. The molecule has 1 saturated carbocycles. The Balaban J connectivity index is 2.26. The van der Waals surface area contributed by atoms with E-state index >= 15 is 0 Å². The van der Waals surface area contributed by atoms with Gasteiger partial charge in [0, 0.05) is 13.0 Å². The summed E-state index contributed by atoms with van der Waals surface area (Å²) in [5.41, 5.74) is 0.238. The second-order valence-electron chi connectivity index (χ2n) is 3.37. The molecule has 0 atom stereocenters. The van der Waals surface area contributed by atoms with Crippen molar-refractivity contribution < 1.29 is 13.9 Å². The van der Waals surface area contributed by atoms with Gasteiger partial charge < -0.3 is 4.74 Å². The van der Waals surface area contributed by atoms with Crippen LogP contribution in [-0.2, 0) is 0 Å². The van der Waals surface area contributed by atoms with Crippen molar-refractivity contribution in [3.05, 3.63) is 23.8 Å². The zero-order valence-corrected chi connectivity index (χ0v) is 7.79. The number of halogens is 1. The van der Waals surface area contributed by atoms with Gasteiger partial charge in [-0.3, -0.25) is 4.79 Å². The number of hydrogen-bond donors (Lipinski definition) is 0. The summed E-state index contributed by atoms with van der Waals surface area (Å²) >= 11 is 0. The highest BCUT2D eigenvalue weighted by molar-refractivity contribution is 5.92. The number of ketones is 1. The van der Waals surface area contributed by atoms with Crippen molar-refractivity contribution in [2.75, 3.05) is 0 Å². The summed E-state index contributed by atoms with van der Waals surface area (Å²) in [5, 5.41) is 0. The first-order valence-electron chi connectivity index (χ1n) is 4.50. The van der Waals surface area contributed by atoms with Crippen LogP contribution in [-0.4, -0.2) is 16.9 Å². The quantitative estimate of drug-likeness (QED) is 0.692. The lowest BCUT2D eigenvalue weighted by molar-refractivity contribution is 0.101. The van der Waals surface area contributed by atoms with Gasteiger partial charge in [-0.15, -0.1) is 0 Å².